The van der Waals surface area contributed by atoms with Crippen LogP contribution in [0.5, 0.6) is 0 Å². The lowest BCUT2D eigenvalue weighted by molar-refractivity contribution is 0.628. The minimum absolute atomic E-state index is 0.178. The van der Waals surface area contributed by atoms with Gasteiger partial charge in [0.05, 0.1) is 0 Å². The van der Waals surface area contributed by atoms with E-state index >= 15 is 0 Å². The van der Waals surface area contributed by atoms with E-state index in [9.17, 15) is 4.39 Å². The summed E-state index contributed by atoms with van der Waals surface area (Å²) in [4.78, 5) is 0. The van der Waals surface area contributed by atoms with Crippen LogP contribution in [0, 0.1) is 19.7 Å². The zero-order valence-corrected chi connectivity index (χ0v) is 11.1. The molecule has 0 unspecified atom stereocenters. The smallest absolute Gasteiger partial charge is 0.123 e. The van der Waals surface area contributed by atoms with E-state index in [-0.39, 0.29) is 5.82 Å². The average molecular weight is 232 g/mol. The molecular formula is C16H21F. The van der Waals surface area contributed by atoms with Gasteiger partial charge in [0.1, 0.15) is 5.82 Å². The molecular weight excluding hydrogens is 211 g/mol. The van der Waals surface area contributed by atoms with Gasteiger partial charge in [0, 0.05) is 0 Å². The first kappa shape index (κ1) is 15.4. The Labute approximate surface area is 104 Å². The molecule has 0 heterocycles. The van der Waals surface area contributed by atoms with E-state index in [1.165, 1.54) is 23.3 Å². The van der Waals surface area contributed by atoms with Gasteiger partial charge in [0.25, 0.3) is 0 Å². The molecule has 0 aliphatic heterocycles. The van der Waals surface area contributed by atoms with Crippen molar-refractivity contribution in [3.05, 3.63) is 71.5 Å². The Balaban J connectivity index is 0.000000265. The monoisotopic (exact) mass is 232 g/mol. The van der Waals surface area contributed by atoms with E-state index in [1.54, 1.807) is 18.2 Å². The molecule has 2 rings (SSSR count). The van der Waals surface area contributed by atoms with Crippen molar-refractivity contribution in [2.24, 2.45) is 0 Å². The van der Waals surface area contributed by atoms with Crippen LogP contribution in [0.15, 0.2) is 54.6 Å². The fourth-order valence-corrected chi connectivity index (χ4v) is 1.08. The van der Waals surface area contributed by atoms with E-state index in [4.69, 9.17) is 0 Å². The summed E-state index contributed by atoms with van der Waals surface area (Å²) in [6, 6.07) is 16.3. The molecule has 0 radical (unpaired) electrons. The number of aryl methyl sites for hydroxylation is 2. The van der Waals surface area contributed by atoms with Gasteiger partial charge in [0.15, 0.2) is 0 Å². The number of halogens is 1. The van der Waals surface area contributed by atoms with Gasteiger partial charge >= 0.3 is 0 Å². The van der Waals surface area contributed by atoms with Crippen LogP contribution < -0.4 is 0 Å². The summed E-state index contributed by atoms with van der Waals surface area (Å²) in [5.41, 5.74) is 2.74. The van der Waals surface area contributed by atoms with E-state index in [1.807, 2.05) is 13.8 Å². The maximum absolute atomic E-state index is 11.9. The van der Waals surface area contributed by atoms with Crippen LogP contribution in [-0.2, 0) is 0 Å². The van der Waals surface area contributed by atoms with Crippen molar-refractivity contribution in [2.45, 2.75) is 27.7 Å². The number of rotatable bonds is 0. The maximum Gasteiger partial charge on any atom is 0.123 e. The Morgan fingerprint density at radius 2 is 1.00 bits per heavy atom. The van der Waals surface area contributed by atoms with Gasteiger partial charge in [-0.25, -0.2) is 4.39 Å². The predicted octanol–water partition coefficient (Wildman–Crippen LogP) is 5.16. The second-order valence-corrected chi connectivity index (χ2v) is 3.38. The number of hydrogen-bond acceptors (Lipinski definition) is 0. The zero-order chi connectivity index (χ0) is 13.1. The van der Waals surface area contributed by atoms with Gasteiger partial charge in [-0.2, -0.15) is 0 Å². The zero-order valence-electron chi connectivity index (χ0n) is 11.1. The van der Waals surface area contributed by atoms with Crippen molar-refractivity contribution >= 4 is 0 Å². The summed E-state index contributed by atoms with van der Waals surface area (Å²) >= 11 is 0. The van der Waals surface area contributed by atoms with Crippen LogP contribution in [0.4, 0.5) is 4.39 Å². The minimum atomic E-state index is -0.178. The second kappa shape index (κ2) is 9.59. The van der Waals surface area contributed by atoms with Gasteiger partial charge in [-0.15, -0.1) is 0 Å². The Bertz CT molecular complexity index is 372. The highest BCUT2D eigenvalue weighted by atomic mass is 19.1. The average Bonchev–Trinajstić information content (AvgIpc) is 2.37. The first-order chi connectivity index (χ1) is 8.20. The normalized spacial score (nSPS) is 8.29. The Hall–Kier alpha value is -1.63. The van der Waals surface area contributed by atoms with Crippen molar-refractivity contribution in [1.29, 1.82) is 0 Å². The van der Waals surface area contributed by atoms with Crippen LogP contribution in [0.2, 0.25) is 0 Å². The molecule has 0 saturated carbocycles. The van der Waals surface area contributed by atoms with Crippen LogP contribution in [0.1, 0.15) is 25.0 Å². The largest absolute Gasteiger partial charge is 0.207 e. The van der Waals surface area contributed by atoms with Crippen molar-refractivity contribution in [2.75, 3.05) is 0 Å². The molecule has 2 aromatic carbocycles. The van der Waals surface area contributed by atoms with E-state index in [2.05, 4.69) is 38.1 Å². The fraction of sp³-hybridized carbons (Fsp3) is 0.250. The summed E-state index contributed by atoms with van der Waals surface area (Å²) in [5.74, 6) is -0.178. The SMILES string of the molecule is CC.Cc1ccccc1C.Fc1ccccc1. The quantitative estimate of drug-likeness (QED) is 0.589. The molecule has 2 aromatic rings. The van der Waals surface area contributed by atoms with Crippen LogP contribution in [0.3, 0.4) is 0 Å². The molecule has 1 heteroatoms. The van der Waals surface area contributed by atoms with Crippen molar-refractivity contribution in [3.63, 3.8) is 0 Å². The van der Waals surface area contributed by atoms with Gasteiger partial charge < -0.3 is 0 Å². The topological polar surface area (TPSA) is 0 Å². The summed E-state index contributed by atoms with van der Waals surface area (Å²) < 4.78 is 11.9. The van der Waals surface area contributed by atoms with Crippen LogP contribution >= 0.6 is 0 Å². The Morgan fingerprint density at radius 3 is 1.24 bits per heavy atom. The first-order valence-electron chi connectivity index (χ1n) is 5.93. The van der Waals surface area contributed by atoms with Crippen molar-refractivity contribution < 1.29 is 4.39 Å². The summed E-state index contributed by atoms with van der Waals surface area (Å²) in [6.45, 7) is 8.24. The lowest BCUT2D eigenvalue weighted by Gasteiger charge is -1.93. The van der Waals surface area contributed by atoms with E-state index < -0.39 is 0 Å². The summed E-state index contributed by atoms with van der Waals surface area (Å²) in [5, 5.41) is 0. The van der Waals surface area contributed by atoms with Crippen LogP contribution in [0.25, 0.3) is 0 Å². The molecule has 0 saturated heterocycles. The molecule has 0 N–H and O–H groups in total. The van der Waals surface area contributed by atoms with Gasteiger partial charge in [-0.3, -0.25) is 0 Å². The lowest BCUT2D eigenvalue weighted by Crippen LogP contribution is -1.74. The molecule has 0 aliphatic carbocycles. The van der Waals surface area contributed by atoms with E-state index in [0.29, 0.717) is 0 Å². The van der Waals surface area contributed by atoms with Gasteiger partial charge in [-0.05, 0) is 37.1 Å². The lowest BCUT2D eigenvalue weighted by atomic mass is 10.1. The predicted molar refractivity (Wildman–Crippen MR) is 73.7 cm³/mol. The molecule has 0 atom stereocenters. The third-order valence-corrected chi connectivity index (χ3v) is 2.16. The summed E-state index contributed by atoms with van der Waals surface area (Å²) in [6.07, 6.45) is 0. The van der Waals surface area contributed by atoms with Crippen molar-refractivity contribution in [1.82, 2.24) is 0 Å². The number of hydrogen-bond donors (Lipinski definition) is 0. The summed E-state index contributed by atoms with van der Waals surface area (Å²) in [7, 11) is 0. The highest BCUT2D eigenvalue weighted by Crippen LogP contribution is 2.02. The standard InChI is InChI=1S/C8H10.C6H5F.C2H6/c1-7-5-3-4-6-8(7)2;7-6-4-2-1-3-5-6;1-2/h3-6H,1-2H3;1-5H;1-2H3. The highest BCUT2D eigenvalue weighted by molar-refractivity contribution is 5.23. The molecule has 0 spiro atoms. The highest BCUT2D eigenvalue weighted by Gasteiger charge is 1.83. The molecule has 92 valence electrons. The molecule has 0 aromatic heterocycles. The van der Waals surface area contributed by atoms with Gasteiger partial charge in [-0.1, -0.05) is 56.3 Å². The molecule has 0 aliphatic rings. The molecule has 0 nitrogen and oxygen atoms in total. The molecule has 17 heavy (non-hydrogen) atoms. The first-order valence-corrected chi connectivity index (χ1v) is 5.93. The maximum atomic E-state index is 11.9. The van der Waals surface area contributed by atoms with Crippen LogP contribution in [-0.4, -0.2) is 0 Å². The molecule has 0 amide bonds. The van der Waals surface area contributed by atoms with Crippen molar-refractivity contribution in [3.8, 4) is 0 Å². The third-order valence-electron chi connectivity index (χ3n) is 2.16. The second-order valence-electron chi connectivity index (χ2n) is 3.38. The Kier molecular flexibility index (Phi) is 8.67. The molecule has 0 bridgehead atoms. The van der Waals surface area contributed by atoms with Gasteiger partial charge in [0.2, 0.25) is 0 Å². The third kappa shape index (κ3) is 7.29. The van der Waals surface area contributed by atoms with E-state index in [0.717, 1.165) is 0 Å². The minimum Gasteiger partial charge on any atom is -0.207 e. The molecule has 0 fully saturated rings. The number of benzene rings is 2. The Morgan fingerprint density at radius 1 is 0.647 bits per heavy atom. The fourth-order valence-electron chi connectivity index (χ4n) is 1.08.